The Bertz CT molecular complexity index is 146. The van der Waals surface area contributed by atoms with Gasteiger partial charge in [-0.15, -0.1) is 0 Å². The molecule has 0 rings (SSSR count). The fourth-order valence-electron chi connectivity index (χ4n) is 1.12. The zero-order valence-electron chi connectivity index (χ0n) is 10.1. The van der Waals surface area contributed by atoms with E-state index in [4.69, 9.17) is 5.73 Å². The lowest BCUT2D eigenvalue weighted by Gasteiger charge is -2.25. The van der Waals surface area contributed by atoms with E-state index in [1.54, 1.807) is 6.92 Å². The fourth-order valence-corrected chi connectivity index (χ4v) is 1.12. The van der Waals surface area contributed by atoms with Crippen LogP contribution in [0.2, 0.25) is 0 Å². The van der Waals surface area contributed by atoms with E-state index < -0.39 is 5.60 Å². The smallest absolute Gasteiger partial charge is 0.0753 e. The van der Waals surface area contributed by atoms with Crippen LogP contribution in [0.1, 0.15) is 33.6 Å². The van der Waals surface area contributed by atoms with E-state index in [-0.39, 0.29) is 0 Å². The van der Waals surface area contributed by atoms with Crippen molar-refractivity contribution in [3.63, 3.8) is 0 Å². The second kappa shape index (κ2) is 6.38. The average Bonchev–Trinajstić information content (AvgIpc) is 2.11. The second-order valence-electron chi connectivity index (χ2n) is 4.94. The van der Waals surface area contributed by atoms with E-state index in [1.807, 2.05) is 0 Å². The van der Waals surface area contributed by atoms with E-state index in [0.29, 0.717) is 6.54 Å². The summed E-state index contributed by atoms with van der Waals surface area (Å²) in [5, 5.41) is 9.70. The average molecular weight is 202 g/mol. The molecule has 0 spiro atoms. The zero-order valence-corrected chi connectivity index (χ0v) is 10.1. The highest BCUT2D eigenvalue weighted by atomic mass is 16.3. The molecule has 0 aromatic rings. The van der Waals surface area contributed by atoms with Crippen LogP contribution in [-0.2, 0) is 0 Å². The molecule has 0 bridgehead atoms. The SMILES string of the molecule is CC(C)CCN(C)CCC(C)(O)CN. The van der Waals surface area contributed by atoms with Crippen LogP contribution in [0.5, 0.6) is 0 Å². The third-order valence-corrected chi connectivity index (χ3v) is 2.56. The molecule has 1 unspecified atom stereocenters. The Morgan fingerprint density at radius 1 is 1.36 bits per heavy atom. The summed E-state index contributed by atoms with van der Waals surface area (Å²) in [5.74, 6) is 0.743. The third kappa shape index (κ3) is 7.30. The Balaban J connectivity index is 3.58. The molecule has 3 N–H and O–H groups in total. The highest BCUT2D eigenvalue weighted by molar-refractivity contribution is 4.74. The first kappa shape index (κ1) is 13.9. The quantitative estimate of drug-likeness (QED) is 0.649. The minimum absolute atomic E-state index is 0.338. The molecule has 0 heterocycles. The molecule has 1 atom stereocenters. The molecule has 0 radical (unpaired) electrons. The van der Waals surface area contributed by atoms with Gasteiger partial charge in [0.25, 0.3) is 0 Å². The van der Waals surface area contributed by atoms with Crippen molar-refractivity contribution in [1.29, 1.82) is 0 Å². The summed E-state index contributed by atoms with van der Waals surface area (Å²) in [6.45, 7) is 8.59. The van der Waals surface area contributed by atoms with Crippen LogP contribution < -0.4 is 5.73 Å². The molecule has 14 heavy (non-hydrogen) atoms. The lowest BCUT2D eigenvalue weighted by Crippen LogP contribution is -2.38. The van der Waals surface area contributed by atoms with E-state index in [2.05, 4.69) is 25.8 Å². The molecule has 86 valence electrons. The standard InChI is InChI=1S/C11H26N2O/c1-10(2)5-7-13(4)8-6-11(3,14)9-12/h10,14H,5-9,12H2,1-4H3. The number of nitrogens with zero attached hydrogens (tertiary/aromatic N) is 1. The number of nitrogens with two attached hydrogens (primary N) is 1. The molecule has 0 saturated heterocycles. The van der Waals surface area contributed by atoms with Crippen molar-refractivity contribution in [2.45, 2.75) is 39.2 Å². The number of hydrogen-bond acceptors (Lipinski definition) is 3. The first-order chi connectivity index (χ1) is 6.37. The Kier molecular flexibility index (Phi) is 6.33. The Morgan fingerprint density at radius 3 is 2.36 bits per heavy atom. The van der Waals surface area contributed by atoms with Gasteiger partial charge >= 0.3 is 0 Å². The van der Waals surface area contributed by atoms with Crippen molar-refractivity contribution in [3.8, 4) is 0 Å². The van der Waals surface area contributed by atoms with Gasteiger partial charge in [0, 0.05) is 13.1 Å². The van der Waals surface area contributed by atoms with Crippen LogP contribution in [0.3, 0.4) is 0 Å². The topological polar surface area (TPSA) is 49.5 Å². The first-order valence-electron chi connectivity index (χ1n) is 5.48. The first-order valence-corrected chi connectivity index (χ1v) is 5.48. The maximum absolute atomic E-state index is 9.70. The zero-order chi connectivity index (χ0) is 11.2. The monoisotopic (exact) mass is 202 g/mol. The lowest BCUT2D eigenvalue weighted by atomic mass is 10.0. The minimum Gasteiger partial charge on any atom is -0.389 e. The molecule has 0 aliphatic heterocycles. The number of hydrogen-bond donors (Lipinski definition) is 2. The molecule has 0 amide bonds. The molecular weight excluding hydrogens is 176 g/mol. The van der Waals surface area contributed by atoms with Crippen molar-refractivity contribution in [3.05, 3.63) is 0 Å². The van der Waals surface area contributed by atoms with Crippen molar-refractivity contribution in [1.82, 2.24) is 4.90 Å². The largest absolute Gasteiger partial charge is 0.389 e. The highest BCUT2D eigenvalue weighted by Gasteiger charge is 2.18. The second-order valence-corrected chi connectivity index (χ2v) is 4.94. The predicted molar refractivity (Wildman–Crippen MR) is 61.2 cm³/mol. The van der Waals surface area contributed by atoms with Crippen molar-refractivity contribution < 1.29 is 5.11 Å². The molecule has 0 aromatic heterocycles. The van der Waals surface area contributed by atoms with E-state index >= 15 is 0 Å². The van der Waals surface area contributed by atoms with Gasteiger partial charge in [-0.3, -0.25) is 0 Å². The van der Waals surface area contributed by atoms with Crippen LogP contribution in [-0.4, -0.2) is 42.3 Å². The van der Waals surface area contributed by atoms with Crippen LogP contribution in [0.4, 0.5) is 0 Å². The van der Waals surface area contributed by atoms with E-state index in [1.165, 1.54) is 6.42 Å². The molecule has 0 aliphatic rings. The maximum atomic E-state index is 9.70. The molecule has 0 saturated carbocycles. The summed E-state index contributed by atoms with van der Waals surface area (Å²) in [7, 11) is 2.09. The summed E-state index contributed by atoms with van der Waals surface area (Å²) >= 11 is 0. The summed E-state index contributed by atoms with van der Waals surface area (Å²) in [6, 6.07) is 0. The van der Waals surface area contributed by atoms with Gasteiger partial charge in [0.1, 0.15) is 0 Å². The minimum atomic E-state index is -0.702. The Labute approximate surface area is 88.3 Å². The molecule has 3 nitrogen and oxygen atoms in total. The molecule has 0 aliphatic carbocycles. The van der Waals surface area contributed by atoms with Gasteiger partial charge in [-0.25, -0.2) is 0 Å². The molecule has 0 aromatic carbocycles. The van der Waals surface area contributed by atoms with Gasteiger partial charge in [-0.2, -0.15) is 0 Å². The molecular formula is C11H26N2O. The van der Waals surface area contributed by atoms with Crippen molar-refractivity contribution >= 4 is 0 Å². The van der Waals surface area contributed by atoms with Crippen LogP contribution >= 0.6 is 0 Å². The highest BCUT2D eigenvalue weighted by Crippen LogP contribution is 2.08. The summed E-state index contributed by atoms with van der Waals surface area (Å²) in [5.41, 5.74) is 4.74. The van der Waals surface area contributed by atoms with Crippen molar-refractivity contribution in [2.75, 3.05) is 26.7 Å². The molecule has 3 heteroatoms. The van der Waals surface area contributed by atoms with Gasteiger partial charge in [-0.1, -0.05) is 13.8 Å². The van der Waals surface area contributed by atoms with Gasteiger partial charge in [0.2, 0.25) is 0 Å². The summed E-state index contributed by atoms with van der Waals surface area (Å²) in [4.78, 5) is 2.25. The van der Waals surface area contributed by atoms with E-state index in [0.717, 1.165) is 25.4 Å². The maximum Gasteiger partial charge on any atom is 0.0753 e. The Hall–Kier alpha value is -0.120. The van der Waals surface area contributed by atoms with Gasteiger partial charge in [0.15, 0.2) is 0 Å². The summed E-state index contributed by atoms with van der Waals surface area (Å²) < 4.78 is 0. The summed E-state index contributed by atoms with van der Waals surface area (Å²) in [6.07, 6.45) is 1.96. The number of rotatable bonds is 7. The van der Waals surface area contributed by atoms with Gasteiger partial charge < -0.3 is 15.7 Å². The van der Waals surface area contributed by atoms with E-state index in [9.17, 15) is 5.11 Å². The molecule has 0 fully saturated rings. The number of aliphatic hydroxyl groups is 1. The van der Waals surface area contributed by atoms with Crippen LogP contribution in [0.15, 0.2) is 0 Å². The third-order valence-electron chi connectivity index (χ3n) is 2.56. The van der Waals surface area contributed by atoms with Gasteiger partial charge in [-0.05, 0) is 39.3 Å². The van der Waals surface area contributed by atoms with Crippen LogP contribution in [0.25, 0.3) is 0 Å². The lowest BCUT2D eigenvalue weighted by molar-refractivity contribution is 0.0501. The normalized spacial score (nSPS) is 16.3. The van der Waals surface area contributed by atoms with Gasteiger partial charge in [0.05, 0.1) is 5.60 Å². The predicted octanol–water partition coefficient (Wildman–Crippen LogP) is 1.06. The fraction of sp³-hybridized carbons (Fsp3) is 1.00. The Morgan fingerprint density at radius 2 is 1.93 bits per heavy atom. The van der Waals surface area contributed by atoms with Crippen LogP contribution in [0, 0.1) is 5.92 Å². The van der Waals surface area contributed by atoms with Crippen molar-refractivity contribution in [2.24, 2.45) is 11.7 Å².